The molecule has 178 valence electrons. The second-order valence-electron chi connectivity index (χ2n) is 12.7. The Labute approximate surface area is 218 Å². The number of halogens is 2. The fraction of sp³-hybridized carbons (Fsp3) is 0.690. The standard InChI is InChI=1S/2C13H19.C3H6.2ClH.Zr/c2*1-13(2,3)12-9-8-10-6-4-5-7-11(10)12;1-3-2;;;/h2*8,12H,4-7H2,1-3H3;1-2H3;2*1H;/q;;;;;+2/p-2. The van der Waals surface area contributed by atoms with E-state index in [0.717, 1.165) is 0 Å². The molecule has 0 aromatic heterocycles. The van der Waals surface area contributed by atoms with Crippen molar-refractivity contribution in [1.29, 1.82) is 0 Å². The van der Waals surface area contributed by atoms with Gasteiger partial charge < -0.3 is 24.8 Å². The van der Waals surface area contributed by atoms with Crippen molar-refractivity contribution in [2.45, 2.75) is 107 Å². The predicted molar refractivity (Wildman–Crippen MR) is 129 cm³/mol. The molecule has 0 nitrogen and oxygen atoms in total. The molecule has 4 rings (SSSR count). The number of hydrogen-bond donors (Lipinski definition) is 0. The molecule has 0 fully saturated rings. The van der Waals surface area contributed by atoms with Crippen LogP contribution in [0, 0.1) is 22.7 Å². The summed E-state index contributed by atoms with van der Waals surface area (Å²) in [6.45, 7) is 20.0. The van der Waals surface area contributed by atoms with Gasteiger partial charge in [0, 0.05) is 0 Å². The Balaban J connectivity index is 0.00000181. The molecule has 0 radical (unpaired) electrons. The third-order valence-corrected chi connectivity index (χ3v) is 15.3. The summed E-state index contributed by atoms with van der Waals surface area (Å²) in [7, 11) is 0. The molecule has 0 bridgehead atoms. The minimum absolute atomic E-state index is 0. The molecule has 0 saturated carbocycles. The quantitative estimate of drug-likeness (QED) is 0.493. The van der Waals surface area contributed by atoms with Crippen LogP contribution in [0.1, 0.15) is 107 Å². The second kappa shape index (κ2) is 10.5. The smallest absolute Gasteiger partial charge is 1.00 e. The largest absolute Gasteiger partial charge is 1.00 e. The molecule has 0 heterocycles. The molecule has 32 heavy (non-hydrogen) atoms. The van der Waals surface area contributed by atoms with Crippen molar-refractivity contribution in [1.82, 2.24) is 0 Å². The summed E-state index contributed by atoms with van der Waals surface area (Å²) < 4.78 is 5.65. The third-order valence-electron chi connectivity index (χ3n) is 7.90. The first kappa shape index (κ1) is 28.5. The van der Waals surface area contributed by atoms with Crippen molar-refractivity contribution >= 4 is 3.21 Å². The molecule has 4 aliphatic rings. The summed E-state index contributed by atoms with van der Waals surface area (Å²) >= 11 is -2.09. The number of allylic oxidation sites excluding steroid dienone is 8. The van der Waals surface area contributed by atoms with E-state index in [2.05, 4.69) is 67.5 Å². The van der Waals surface area contributed by atoms with Gasteiger partial charge in [0.05, 0.1) is 0 Å². The molecular weight excluding hydrogens is 510 g/mol. The van der Waals surface area contributed by atoms with Crippen LogP contribution in [0.2, 0.25) is 0 Å². The topological polar surface area (TPSA) is 0 Å². The average molecular weight is 555 g/mol. The Kier molecular flexibility index (Phi) is 9.36. The summed E-state index contributed by atoms with van der Waals surface area (Å²) in [6.07, 6.45) is 16.5. The second-order valence-corrected chi connectivity index (χ2v) is 19.8. The van der Waals surface area contributed by atoms with E-state index in [9.17, 15) is 0 Å². The molecule has 0 aliphatic heterocycles. The van der Waals surface area contributed by atoms with E-state index in [-0.39, 0.29) is 24.8 Å². The Morgan fingerprint density at radius 2 is 1.00 bits per heavy atom. The minimum Gasteiger partial charge on any atom is -1.00 e. The maximum absolute atomic E-state index is 2.77. The van der Waals surface area contributed by atoms with E-state index in [0.29, 0.717) is 22.7 Å². The zero-order valence-corrected chi connectivity index (χ0v) is 25.7. The summed E-state index contributed by atoms with van der Waals surface area (Å²) in [5.74, 6) is 1.41. The molecule has 3 heteroatoms. The molecule has 0 N–H and O–H groups in total. The average Bonchev–Trinajstić information content (AvgIpc) is 3.19. The first-order chi connectivity index (χ1) is 14.0. The fourth-order valence-electron chi connectivity index (χ4n) is 6.97. The maximum Gasteiger partial charge on any atom is -1.00 e. The van der Waals surface area contributed by atoms with Gasteiger partial charge in [-0.3, -0.25) is 0 Å². The SMILES string of the molecule is C[C](C)=[Zr+2]([C]1=CC2=C(CCCC2)C1C(C)(C)C)[C]1=CC2=C(CCCC2)C1C(C)(C)C.[Cl-].[Cl-]. The molecule has 0 aromatic carbocycles. The van der Waals surface area contributed by atoms with Crippen molar-refractivity contribution in [3.8, 4) is 0 Å². The van der Waals surface area contributed by atoms with Gasteiger partial charge in [0.2, 0.25) is 0 Å². The Bertz CT molecular complexity index is 824. The van der Waals surface area contributed by atoms with Crippen LogP contribution in [0.5, 0.6) is 0 Å². The first-order valence-electron chi connectivity index (χ1n) is 12.6. The monoisotopic (exact) mass is 552 g/mol. The van der Waals surface area contributed by atoms with Crippen LogP contribution in [0.25, 0.3) is 0 Å². The van der Waals surface area contributed by atoms with Gasteiger partial charge >= 0.3 is 195 Å². The zero-order valence-electron chi connectivity index (χ0n) is 21.7. The molecule has 0 spiro atoms. The van der Waals surface area contributed by atoms with Crippen LogP contribution in [0.3, 0.4) is 0 Å². The molecule has 0 saturated heterocycles. The van der Waals surface area contributed by atoms with Crippen LogP contribution >= 0.6 is 0 Å². The van der Waals surface area contributed by atoms with Crippen LogP contribution in [-0.2, 0) is 21.3 Å². The first-order valence-corrected chi connectivity index (χ1v) is 16.2. The molecule has 4 aliphatic carbocycles. The van der Waals surface area contributed by atoms with Gasteiger partial charge in [0.15, 0.2) is 0 Å². The van der Waals surface area contributed by atoms with E-state index >= 15 is 0 Å². The molecular formula is C29H44Cl2Zr. The number of hydrogen-bond acceptors (Lipinski definition) is 0. The van der Waals surface area contributed by atoms with Crippen LogP contribution in [0.15, 0.2) is 41.0 Å². The summed E-state index contributed by atoms with van der Waals surface area (Å²) in [4.78, 5) is 0. The summed E-state index contributed by atoms with van der Waals surface area (Å²) in [5.41, 5.74) is 7.85. The van der Waals surface area contributed by atoms with Gasteiger partial charge in [-0.25, -0.2) is 0 Å². The predicted octanol–water partition coefficient (Wildman–Crippen LogP) is 2.69. The number of rotatable bonds is 2. The van der Waals surface area contributed by atoms with Crippen molar-refractivity contribution in [2.24, 2.45) is 22.7 Å². The maximum atomic E-state index is 2.77. The van der Waals surface area contributed by atoms with Gasteiger partial charge in [0.1, 0.15) is 0 Å². The normalized spacial score (nSPS) is 25.1. The van der Waals surface area contributed by atoms with E-state index in [4.69, 9.17) is 0 Å². The van der Waals surface area contributed by atoms with Gasteiger partial charge in [-0.1, -0.05) is 0 Å². The Morgan fingerprint density at radius 3 is 1.31 bits per heavy atom. The molecule has 2 atom stereocenters. The van der Waals surface area contributed by atoms with Gasteiger partial charge in [-0.05, 0) is 0 Å². The van der Waals surface area contributed by atoms with E-state index in [1.165, 1.54) is 51.4 Å². The Hall–Kier alpha value is 0.293. The zero-order chi connectivity index (χ0) is 21.8. The van der Waals surface area contributed by atoms with E-state index in [1.54, 1.807) is 14.4 Å². The van der Waals surface area contributed by atoms with Crippen LogP contribution in [0.4, 0.5) is 0 Å². The fourth-order valence-corrected chi connectivity index (χ4v) is 16.6. The van der Waals surface area contributed by atoms with Crippen LogP contribution in [-0.4, -0.2) is 3.21 Å². The van der Waals surface area contributed by atoms with Gasteiger partial charge in [0.25, 0.3) is 0 Å². The van der Waals surface area contributed by atoms with Crippen molar-refractivity contribution in [3.63, 3.8) is 0 Å². The van der Waals surface area contributed by atoms with Crippen LogP contribution < -0.4 is 24.8 Å². The van der Waals surface area contributed by atoms with Crippen molar-refractivity contribution in [2.75, 3.05) is 0 Å². The molecule has 0 amide bonds. The minimum atomic E-state index is -2.09. The van der Waals surface area contributed by atoms with E-state index < -0.39 is 21.3 Å². The van der Waals surface area contributed by atoms with Gasteiger partial charge in [-0.15, -0.1) is 0 Å². The molecule has 2 unspecified atom stereocenters. The van der Waals surface area contributed by atoms with Crippen molar-refractivity contribution < 1.29 is 46.1 Å². The van der Waals surface area contributed by atoms with Crippen molar-refractivity contribution in [3.05, 3.63) is 41.0 Å². The molecule has 0 aromatic rings. The van der Waals surface area contributed by atoms with Gasteiger partial charge in [-0.2, -0.15) is 0 Å². The Morgan fingerprint density at radius 1 is 0.656 bits per heavy atom. The summed E-state index contributed by atoms with van der Waals surface area (Å²) in [5, 5.41) is 0. The summed E-state index contributed by atoms with van der Waals surface area (Å²) in [6, 6.07) is 0. The van der Waals surface area contributed by atoms with E-state index in [1.807, 2.05) is 17.7 Å². The third kappa shape index (κ3) is 5.26.